The number of allylic oxidation sites excluding steroid dienone is 1. The number of nitriles is 1. The Balaban J connectivity index is 2.25. The van der Waals surface area contributed by atoms with Crippen LogP contribution in [0.5, 0.6) is 5.75 Å². The van der Waals surface area contributed by atoms with Crippen LogP contribution in [0.2, 0.25) is 0 Å². The lowest BCUT2D eigenvalue weighted by Gasteiger charge is -2.08. The molecule has 9 heteroatoms. The van der Waals surface area contributed by atoms with Crippen LogP contribution in [0, 0.1) is 11.3 Å². The predicted molar refractivity (Wildman–Crippen MR) is 88.9 cm³/mol. The van der Waals surface area contributed by atoms with Crippen LogP contribution >= 0.6 is 0 Å². The largest absolute Gasteiger partial charge is 0.497 e. The number of hydrogen-bond donors (Lipinski definition) is 1. The third-order valence-corrected chi connectivity index (χ3v) is 5.03. The molecule has 0 spiro atoms. The summed E-state index contributed by atoms with van der Waals surface area (Å²) in [6.45, 7) is 0. The molecule has 2 rings (SSSR count). The van der Waals surface area contributed by atoms with E-state index in [4.69, 9.17) is 10.00 Å². The minimum atomic E-state index is -4.47. The maximum atomic E-state index is 12.5. The van der Waals surface area contributed by atoms with Crippen molar-refractivity contribution in [3.8, 4) is 11.8 Å². The van der Waals surface area contributed by atoms with E-state index in [2.05, 4.69) is 5.32 Å². The van der Waals surface area contributed by atoms with Gasteiger partial charge in [-0.3, -0.25) is 0 Å². The third kappa shape index (κ3) is 4.34. The van der Waals surface area contributed by atoms with E-state index in [1.165, 1.54) is 31.4 Å². The number of nitrogens with one attached hydrogen (secondary N) is 1. The number of ether oxygens (including phenoxy) is 1. The molecule has 0 saturated heterocycles. The molecule has 0 aliphatic heterocycles. The van der Waals surface area contributed by atoms with E-state index in [1.807, 2.05) is 0 Å². The molecule has 0 atom stereocenters. The second-order valence-corrected chi connectivity index (χ2v) is 6.94. The Morgan fingerprint density at radius 2 is 1.69 bits per heavy atom. The molecular weight excluding hydrogens is 369 g/mol. The highest BCUT2D eigenvalue weighted by Gasteiger charge is 2.30. The first kappa shape index (κ1) is 19.3. The SMILES string of the molecule is COc1ccc(S(=O)(=O)C(C#N)=CNc2ccc(C(F)(F)F)cc2)cc1. The number of nitrogens with zero attached hydrogens (tertiary/aromatic N) is 1. The van der Waals surface area contributed by atoms with Crippen LogP contribution in [-0.2, 0) is 16.0 Å². The molecule has 0 aliphatic rings. The van der Waals surface area contributed by atoms with Gasteiger partial charge in [0.1, 0.15) is 11.8 Å². The zero-order valence-corrected chi connectivity index (χ0v) is 14.2. The van der Waals surface area contributed by atoms with Crippen molar-refractivity contribution in [3.05, 3.63) is 65.2 Å². The molecule has 136 valence electrons. The highest BCUT2D eigenvalue weighted by Crippen LogP contribution is 2.30. The van der Waals surface area contributed by atoms with Gasteiger partial charge in [0.2, 0.25) is 9.84 Å². The molecule has 0 fully saturated rings. The van der Waals surface area contributed by atoms with Gasteiger partial charge in [-0.1, -0.05) is 0 Å². The van der Waals surface area contributed by atoms with E-state index in [9.17, 15) is 21.6 Å². The van der Waals surface area contributed by atoms with E-state index >= 15 is 0 Å². The van der Waals surface area contributed by atoms with Crippen LogP contribution < -0.4 is 10.1 Å². The van der Waals surface area contributed by atoms with Crippen molar-refractivity contribution in [2.75, 3.05) is 12.4 Å². The Kier molecular flexibility index (Phi) is 5.57. The van der Waals surface area contributed by atoms with E-state index in [1.54, 1.807) is 6.07 Å². The van der Waals surface area contributed by atoms with Gasteiger partial charge < -0.3 is 10.1 Å². The molecule has 0 aliphatic carbocycles. The van der Waals surface area contributed by atoms with Crippen molar-refractivity contribution < 1.29 is 26.3 Å². The van der Waals surface area contributed by atoms with E-state index in [-0.39, 0.29) is 10.6 Å². The maximum Gasteiger partial charge on any atom is 0.416 e. The Morgan fingerprint density at radius 1 is 1.12 bits per heavy atom. The lowest BCUT2D eigenvalue weighted by atomic mass is 10.2. The van der Waals surface area contributed by atoms with Crippen molar-refractivity contribution in [1.82, 2.24) is 0 Å². The molecule has 2 aromatic carbocycles. The van der Waals surface area contributed by atoms with Gasteiger partial charge in [-0.15, -0.1) is 0 Å². The second kappa shape index (κ2) is 7.49. The molecule has 1 N–H and O–H groups in total. The monoisotopic (exact) mass is 382 g/mol. The first-order chi connectivity index (χ1) is 12.2. The van der Waals surface area contributed by atoms with Gasteiger partial charge in [0, 0.05) is 11.9 Å². The molecule has 0 heterocycles. The number of sulfone groups is 1. The van der Waals surface area contributed by atoms with Crippen LogP contribution in [0.25, 0.3) is 0 Å². The van der Waals surface area contributed by atoms with Crippen molar-refractivity contribution in [2.24, 2.45) is 0 Å². The van der Waals surface area contributed by atoms with Crippen LogP contribution in [0.4, 0.5) is 18.9 Å². The zero-order valence-electron chi connectivity index (χ0n) is 13.4. The summed E-state index contributed by atoms with van der Waals surface area (Å²) in [7, 11) is -2.65. The number of alkyl halides is 3. The fourth-order valence-electron chi connectivity index (χ4n) is 1.96. The van der Waals surface area contributed by atoms with Gasteiger partial charge in [0.15, 0.2) is 4.91 Å². The first-order valence-electron chi connectivity index (χ1n) is 7.11. The fraction of sp³-hybridized carbons (Fsp3) is 0.118. The Bertz CT molecular complexity index is 943. The van der Waals surface area contributed by atoms with Crippen molar-refractivity contribution >= 4 is 15.5 Å². The van der Waals surface area contributed by atoms with Gasteiger partial charge in [-0.25, -0.2) is 8.42 Å². The van der Waals surface area contributed by atoms with Crippen molar-refractivity contribution in [3.63, 3.8) is 0 Å². The quantitative estimate of drug-likeness (QED) is 0.792. The smallest absolute Gasteiger partial charge is 0.416 e. The molecule has 5 nitrogen and oxygen atoms in total. The average Bonchev–Trinajstić information content (AvgIpc) is 2.61. The topological polar surface area (TPSA) is 79.2 Å². The summed E-state index contributed by atoms with van der Waals surface area (Å²) in [5, 5.41) is 11.7. The Labute approximate surface area is 148 Å². The van der Waals surface area contributed by atoms with E-state index in [0.29, 0.717) is 5.75 Å². The van der Waals surface area contributed by atoms with Gasteiger partial charge in [0.25, 0.3) is 0 Å². The molecule has 0 unspecified atom stereocenters. The number of anilines is 1. The summed E-state index contributed by atoms with van der Waals surface area (Å²) >= 11 is 0. The van der Waals surface area contributed by atoms with Gasteiger partial charge in [0.05, 0.1) is 17.6 Å². The summed E-state index contributed by atoms with van der Waals surface area (Å²) in [6.07, 6.45) is -3.54. The minimum absolute atomic E-state index is 0.111. The van der Waals surface area contributed by atoms with Gasteiger partial charge in [-0.05, 0) is 48.5 Å². The summed E-state index contributed by atoms with van der Waals surface area (Å²) in [5.74, 6) is 0.453. The second-order valence-electron chi connectivity index (χ2n) is 5.02. The molecule has 2 aromatic rings. The number of rotatable bonds is 5. The number of benzene rings is 2. The molecule has 0 aromatic heterocycles. The molecule has 0 amide bonds. The van der Waals surface area contributed by atoms with Crippen molar-refractivity contribution in [2.45, 2.75) is 11.1 Å². The molecule has 0 bridgehead atoms. The summed E-state index contributed by atoms with van der Waals surface area (Å²) in [6, 6.07) is 11.0. The number of hydrogen-bond acceptors (Lipinski definition) is 5. The van der Waals surface area contributed by atoms with Gasteiger partial charge >= 0.3 is 6.18 Å². The first-order valence-corrected chi connectivity index (χ1v) is 8.60. The minimum Gasteiger partial charge on any atom is -0.497 e. The van der Waals surface area contributed by atoms with E-state index in [0.717, 1.165) is 30.5 Å². The summed E-state index contributed by atoms with van der Waals surface area (Å²) in [4.78, 5) is -0.692. The normalized spacial score (nSPS) is 12.3. The molecular formula is C17H13F3N2O3S. The highest BCUT2D eigenvalue weighted by molar-refractivity contribution is 7.95. The van der Waals surface area contributed by atoms with Crippen molar-refractivity contribution in [1.29, 1.82) is 5.26 Å². The standard InChI is InChI=1S/C17H13F3N2O3S/c1-25-14-6-8-15(9-7-14)26(23,24)16(10-21)11-22-13-4-2-12(3-5-13)17(18,19)20/h2-9,11,22H,1H3. The van der Waals surface area contributed by atoms with Gasteiger partial charge in [-0.2, -0.15) is 18.4 Å². The average molecular weight is 382 g/mol. The summed E-state index contributed by atoms with van der Waals surface area (Å²) in [5.41, 5.74) is -0.630. The van der Waals surface area contributed by atoms with Crippen LogP contribution in [0.15, 0.2) is 64.5 Å². The molecule has 0 radical (unpaired) electrons. The lowest BCUT2D eigenvalue weighted by molar-refractivity contribution is -0.137. The number of methoxy groups -OCH3 is 1. The molecule has 0 saturated carbocycles. The zero-order chi connectivity index (χ0) is 19.4. The Hall–Kier alpha value is -2.99. The third-order valence-electron chi connectivity index (χ3n) is 3.35. The van der Waals surface area contributed by atoms with Crippen LogP contribution in [0.1, 0.15) is 5.56 Å². The maximum absolute atomic E-state index is 12.5. The number of halogens is 3. The predicted octanol–water partition coefficient (Wildman–Crippen LogP) is 3.96. The Morgan fingerprint density at radius 3 is 2.15 bits per heavy atom. The molecule has 26 heavy (non-hydrogen) atoms. The summed E-state index contributed by atoms with van der Waals surface area (Å²) < 4.78 is 67.4. The fourth-order valence-corrected chi connectivity index (χ4v) is 3.04. The van der Waals surface area contributed by atoms with E-state index < -0.39 is 26.5 Å². The van der Waals surface area contributed by atoms with Crippen LogP contribution in [0.3, 0.4) is 0 Å². The van der Waals surface area contributed by atoms with Crippen LogP contribution in [-0.4, -0.2) is 15.5 Å². The highest BCUT2D eigenvalue weighted by atomic mass is 32.2. The lowest BCUT2D eigenvalue weighted by Crippen LogP contribution is -2.06.